The lowest BCUT2D eigenvalue weighted by Gasteiger charge is -2.25. The van der Waals surface area contributed by atoms with Crippen LogP contribution in [0.1, 0.15) is 38.7 Å². The van der Waals surface area contributed by atoms with Gasteiger partial charge in [0, 0.05) is 23.5 Å². The van der Waals surface area contributed by atoms with Gasteiger partial charge in [0.1, 0.15) is 18.1 Å². The van der Waals surface area contributed by atoms with Gasteiger partial charge in [-0.2, -0.15) is 0 Å². The van der Waals surface area contributed by atoms with E-state index in [0.717, 1.165) is 5.52 Å². The lowest BCUT2D eigenvalue weighted by atomic mass is 9.98. The van der Waals surface area contributed by atoms with Crippen LogP contribution < -0.4 is 21.7 Å². The maximum absolute atomic E-state index is 13.2. The van der Waals surface area contributed by atoms with E-state index in [1.54, 1.807) is 37.4 Å². The molecule has 212 valence electrons. The predicted molar refractivity (Wildman–Crippen MR) is 137 cm³/mol. The molecule has 3 amide bonds. The summed E-state index contributed by atoms with van der Waals surface area (Å²) in [6.07, 6.45) is 0.243. The molecule has 0 aliphatic carbocycles. The minimum atomic E-state index is -1.79. The number of aromatic amines is 1. The van der Waals surface area contributed by atoms with Gasteiger partial charge in [-0.1, -0.05) is 38.5 Å². The summed E-state index contributed by atoms with van der Waals surface area (Å²) >= 11 is 0. The highest BCUT2D eigenvalue weighted by molar-refractivity contribution is 5.96. The molecule has 9 N–H and O–H groups in total. The molecule has 1 heterocycles. The number of nitrogens with one attached hydrogen (secondary N) is 4. The van der Waals surface area contributed by atoms with Crippen molar-refractivity contribution >= 4 is 46.5 Å². The van der Waals surface area contributed by atoms with Crippen molar-refractivity contribution in [3.63, 3.8) is 0 Å². The number of amides is 3. The second-order valence-electron chi connectivity index (χ2n) is 9.19. The van der Waals surface area contributed by atoms with E-state index in [2.05, 4.69) is 20.9 Å². The molecular formula is C25H33N5O9. The van der Waals surface area contributed by atoms with E-state index in [0.29, 0.717) is 17.4 Å². The molecule has 5 unspecified atom stereocenters. The van der Waals surface area contributed by atoms with Gasteiger partial charge in [0.15, 0.2) is 0 Å². The number of nitrogens with two attached hydrogens (primary N) is 1. The quantitative estimate of drug-likeness (QED) is 0.143. The zero-order valence-electron chi connectivity index (χ0n) is 21.5. The summed E-state index contributed by atoms with van der Waals surface area (Å²) in [5, 5.41) is 35.2. The largest absolute Gasteiger partial charge is 0.481 e. The number of aliphatic carboxylic acids is 3. The number of carboxylic acid groups (broad SMARTS) is 3. The number of rotatable bonds is 15. The second kappa shape index (κ2) is 13.9. The van der Waals surface area contributed by atoms with Gasteiger partial charge in [-0.15, -0.1) is 0 Å². The van der Waals surface area contributed by atoms with Crippen LogP contribution >= 0.6 is 0 Å². The Kier molecular flexibility index (Phi) is 11.0. The van der Waals surface area contributed by atoms with Crippen LogP contribution in [0.5, 0.6) is 0 Å². The Balaban J connectivity index is 2.35. The first-order valence-corrected chi connectivity index (χ1v) is 12.2. The molecule has 0 saturated heterocycles. The molecule has 39 heavy (non-hydrogen) atoms. The molecule has 0 bridgehead atoms. The molecule has 2 rings (SSSR count). The third-order valence-corrected chi connectivity index (χ3v) is 6.30. The molecular weight excluding hydrogens is 514 g/mol. The number of para-hydroxylation sites is 1. The van der Waals surface area contributed by atoms with Crippen LogP contribution in [0.4, 0.5) is 0 Å². The summed E-state index contributed by atoms with van der Waals surface area (Å²) < 4.78 is 0. The van der Waals surface area contributed by atoms with E-state index in [-0.39, 0.29) is 12.3 Å². The van der Waals surface area contributed by atoms with Crippen molar-refractivity contribution in [3.05, 3.63) is 36.0 Å². The molecule has 14 nitrogen and oxygen atoms in total. The smallest absolute Gasteiger partial charge is 0.326 e. The first kappa shape index (κ1) is 30.8. The Morgan fingerprint density at radius 3 is 1.97 bits per heavy atom. The molecule has 14 heteroatoms. The number of benzene rings is 1. The fourth-order valence-electron chi connectivity index (χ4n) is 3.81. The number of hydrogen-bond donors (Lipinski definition) is 8. The molecule has 0 radical (unpaired) electrons. The first-order chi connectivity index (χ1) is 18.3. The van der Waals surface area contributed by atoms with E-state index >= 15 is 0 Å². The summed E-state index contributed by atoms with van der Waals surface area (Å²) in [7, 11) is 0. The van der Waals surface area contributed by atoms with E-state index in [1.807, 2.05) is 6.92 Å². The van der Waals surface area contributed by atoms with Crippen LogP contribution in [0.25, 0.3) is 10.9 Å². The van der Waals surface area contributed by atoms with Gasteiger partial charge < -0.3 is 42.0 Å². The number of fused-ring (bicyclic) bond motifs is 1. The van der Waals surface area contributed by atoms with Gasteiger partial charge in [-0.05, 0) is 17.5 Å². The maximum atomic E-state index is 13.2. The zero-order chi connectivity index (χ0) is 29.3. The summed E-state index contributed by atoms with van der Waals surface area (Å²) in [5.74, 6) is -7.53. The van der Waals surface area contributed by atoms with Gasteiger partial charge in [0.25, 0.3) is 0 Å². The van der Waals surface area contributed by atoms with Crippen molar-refractivity contribution < 1.29 is 44.1 Å². The van der Waals surface area contributed by atoms with Crippen molar-refractivity contribution in [1.82, 2.24) is 20.9 Å². The summed E-state index contributed by atoms with van der Waals surface area (Å²) in [6.45, 7) is 3.52. The zero-order valence-corrected chi connectivity index (χ0v) is 21.5. The van der Waals surface area contributed by atoms with E-state index in [1.165, 1.54) is 0 Å². The van der Waals surface area contributed by atoms with Crippen molar-refractivity contribution in [1.29, 1.82) is 0 Å². The van der Waals surface area contributed by atoms with Crippen LogP contribution in [0.2, 0.25) is 0 Å². The molecule has 0 saturated carbocycles. The monoisotopic (exact) mass is 547 g/mol. The predicted octanol–water partition coefficient (Wildman–Crippen LogP) is -0.428. The van der Waals surface area contributed by atoms with Crippen LogP contribution in [0.15, 0.2) is 30.5 Å². The van der Waals surface area contributed by atoms with Gasteiger partial charge in [-0.3, -0.25) is 24.0 Å². The highest BCUT2D eigenvalue weighted by atomic mass is 16.4. The SMILES string of the molecule is CCC(C)C(N)C(=O)NC(CC(=O)O)C(=O)NC(Cc1c[nH]c2ccccc12)C(=O)NC(CC(=O)O)C(=O)O. The molecule has 0 aliphatic heterocycles. The molecule has 5 atom stereocenters. The van der Waals surface area contributed by atoms with Crippen molar-refractivity contribution in [3.8, 4) is 0 Å². The summed E-state index contributed by atoms with van der Waals surface area (Å²) in [6, 6.07) is 1.20. The topological polar surface area (TPSA) is 241 Å². The standard InChI is InChI=1S/C25H33N5O9/c1-3-12(2)21(26)24(37)29-17(9-19(31)32)23(36)28-16(22(35)30-18(25(38)39)10-20(33)34)8-13-11-27-15-7-5-4-6-14(13)15/h4-7,11-12,16-18,21,27H,3,8-10,26H2,1-2H3,(H,28,36)(H,29,37)(H,30,35)(H,31,32)(H,33,34)(H,38,39). The minimum Gasteiger partial charge on any atom is -0.481 e. The van der Waals surface area contributed by atoms with Crippen molar-refractivity contribution in [2.45, 2.75) is 63.7 Å². The van der Waals surface area contributed by atoms with Gasteiger partial charge >= 0.3 is 17.9 Å². The number of carbonyl (C=O) groups excluding carboxylic acids is 3. The molecule has 0 spiro atoms. The fraction of sp³-hybridized carbons (Fsp3) is 0.440. The number of aromatic nitrogens is 1. The van der Waals surface area contributed by atoms with Crippen LogP contribution in [0.3, 0.4) is 0 Å². The Morgan fingerprint density at radius 1 is 0.846 bits per heavy atom. The average Bonchev–Trinajstić information content (AvgIpc) is 3.28. The molecule has 0 fully saturated rings. The van der Waals surface area contributed by atoms with Crippen LogP contribution in [0, 0.1) is 5.92 Å². The Morgan fingerprint density at radius 2 is 1.38 bits per heavy atom. The Bertz CT molecular complexity index is 1230. The number of carbonyl (C=O) groups is 6. The van der Waals surface area contributed by atoms with Crippen molar-refractivity contribution in [2.75, 3.05) is 0 Å². The first-order valence-electron chi connectivity index (χ1n) is 12.2. The average molecular weight is 548 g/mol. The highest BCUT2D eigenvalue weighted by Crippen LogP contribution is 2.19. The van der Waals surface area contributed by atoms with E-state index in [4.69, 9.17) is 10.8 Å². The highest BCUT2D eigenvalue weighted by Gasteiger charge is 2.33. The number of carboxylic acids is 3. The Labute approximate surface area is 223 Å². The second-order valence-corrected chi connectivity index (χ2v) is 9.19. The lowest BCUT2D eigenvalue weighted by Crippen LogP contribution is -2.58. The Hall–Kier alpha value is -4.46. The summed E-state index contributed by atoms with van der Waals surface area (Å²) in [5.41, 5.74) is 7.19. The minimum absolute atomic E-state index is 0.166. The van der Waals surface area contributed by atoms with Gasteiger partial charge in [0.2, 0.25) is 17.7 Å². The van der Waals surface area contributed by atoms with E-state index in [9.17, 15) is 39.0 Å². The number of H-pyrrole nitrogens is 1. The normalized spacial score (nSPS) is 14.8. The van der Waals surface area contributed by atoms with Crippen molar-refractivity contribution in [2.24, 2.45) is 11.7 Å². The molecule has 2 aromatic rings. The molecule has 1 aromatic carbocycles. The van der Waals surface area contributed by atoms with E-state index < -0.39 is 72.6 Å². The molecule has 1 aromatic heterocycles. The van der Waals surface area contributed by atoms with Gasteiger partial charge in [0.05, 0.1) is 18.9 Å². The van der Waals surface area contributed by atoms with Gasteiger partial charge in [-0.25, -0.2) is 4.79 Å². The maximum Gasteiger partial charge on any atom is 0.326 e. The third kappa shape index (κ3) is 8.81. The number of hydrogen-bond acceptors (Lipinski definition) is 7. The molecule has 0 aliphatic rings. The lowest BCUT2D eigenvalue weighted by molar-refractivity contribution is -0.147. The van der Waals surface area contributed by atoms with Crippen LogP contribution in [-0.4, -0.2) is 80.1 Å². The van der Waals surface area contributed by atoms with Crippen LogP contribution in [-0.2, 0) is 35.2 Å². The fourth-order valence-corrected chi connectivity index (χ4v) is 3.81. The summed E-state index contributed by atoms with van der Waals surface area (Å²) in [4.78, 5) is 75.9. The third-order valence-electron chi connectivity index (χ3n) is 6.30.